The van der Waals surface area contributed by atoms with Crippen LogP contribution in [0.1, 0.15) is 31.7 Å². The Morgan fingerprint density at radius 3 is 2.94 bits per heavy atom. The number of hydrogen-bond acceptors (Lipinski definition) is 3. The van der Waals surface area contributed by atoms with Gasteiger partial charge in [0.2, 0.25) is 0 Å². The van der Waals surface area contributed by atoms with Crippen molar-refractivity contribution in [2.75, 3.05) is 0 Å². The summed E-state index contributed by atoms with van der Waals surface area (Å²) in [5.41, 5.74) is 2.03. The van der Waals surface area contributed by atoms with Gasteiger partial charge in [0.15, 0.2) is 5.76 Å². The maximum Gasteiger partial charge on any atom is 0.188 e. The predicted molar refractivity (Wildman–Crippen MR) is 63.0 cm³/mol. The van der Waals surface area contributed by atoms with Gasteiger partial charge in [0, 0.05) is 11.8 Å². The minimum Gasteiger partial charge on any atom is -0.354 e. The topological polar surface area (TPSA) is 38.9 Å². The third kappa shape index (κ3) is 2.48. The molecule has 3 heteroatoms. The van der Waals surface area contributed by atoms with Gasteiger partial charge in [0.25, 0.3) is 0 Å². The lowest BCUT2D eigenvalue weighted by Crippen LogP contribution is -1.88. The Labute approximate surface area is 95.5 Å². The van der Waals surface area contributed by atoms with Crippen molar-refractivity contribution in [1.29, 1.82) is 0 Å². The highest BCUT2D eigenvalue weighted by atomic mass is 16.5. The Morgan fingerprint density at radius 2 is 2.19 bits per heavy atom. The maximum absolute atomic E-state index is 5.27. The Hall–Kier alpha value is -1.64. The van der Waals surface area contributed by atoms with Gasteiger partial charge in [0.1, 0.15) is 5.69 Å². The minimum absolute atomic E-state index is 0.816. The lowest BCUT2D eigenvalue weighted by Gasteiger charge is -1.99. The van der Waals surface area contributed by atoms with Gasteiger partial charge in [-0.3, -0.25) is 4.98 Å². The molecule has 0 amide bonds. The van der Waals surface area contributed by atoms with Gasteiger partial charge in [-0.25, -0.2) is 0 Å². The van der Waals surface area contributed by atoms with Gasteiger partial charge in [-0.1, -0.05) is 31.0 Å². The molecular formula is C13H16N2O. The van der Waals surface area contributed by atoms with Crippen molar-refractivity contribution in [3.05, 3.63) is 36.2 Å². The van der Waals surface area contributed by atoms with E-state index in [0.29, 0.717) is 0 Å². The van der Waals surface area contributed by atoms with Crippen LogP contribution in [0.2, 0.25) is 0 Å². The average molecular weight is 216 g/mol. The number of aryl methyl sites for hydroxylation is 1. The molecule has 2 aromatic rings. The summed E-state index contributed by atoms with van der Waals surface area (Å²) in [6.07, 6.45) is 8.24. The summed E-state index contributed by atoms with van der Waals surface area (Å²) in [5, 5.41) is 3.86. The summed E-state index contributed by atoms with van der Waals surface area (Å²) in [6.45, 7) is 2.20. The Bertz CT molecular complexity index is 423. The fraction of sp³-hybridized carbons (Fsp3) is 0.385. The van der Waals surface area contributed by atoms with E-state index in [2.05, 4.69) is 17.1 Å². The first-order valence-corrected chi connectivity index (χ1v) is 5.76. The van der Waals surface area contributed by atoms with Gasteiger partial charge < -0.3 is 4.52 Å². The molecule has 0 aromatic carbocycles. The molecule has 2 rings (SSSR count). The van der Waals surface area contributed by atoms with Gasteiger partial charge in [-0.2, -0.15) is 0 Å². The van der Waals surface area contributed by atoms with E-state index in [9.17, 15) is 0 Å². The molecule has 0 radical (unpaired) electrons. The molecule has 0 N–H and O–H groups in total. The number of unbranched alkanes of at least 4 members (excludes halogenated alkanes) is 2. The highest BCUT2D eigenvalue weighted by Gasteiger charge is 2.10. The quantitative estimate of drug-likeness (QED) is 0.718. The highest BCUT2D eigenvalue weighted by Crippen LogP contribution is 2.22. The van der Waals surface area contributed by atoms with Crippen LogP contribution in [0.3, 0.4) is 0 Å². The first kappa shape index (κ1) is 10.9. The van der Waals surface area contributed by atoms with Gasteiger partial charge in [0.05, 0.1) is 6.20 Å². The van der Waals surface area contributed by atoms with E-state index in [-0.39, 0.29) is 0 Å². The van der Waals surface area contributed by atoms with E-state index in [4.69, 9.17) is 4.52 Å². The number of rotatable bonds is 5. The van der Waals surface area contributed by atoms with Crippen LogP contribution in [-0.4, -0.2) is 10.1 Å². The number of pyridine rings is 1. The van der Waals surface area contributed by atoms with Crippen LogP contribution < -0.4 is 0 Å². The minimum atomic E-state index is 0.816. The van der Waals surface area contributed by atoms with E-state index in [0.717, 1.165) is 23.4 Å². The summed E-state index contributed by atoms with van der Waals surface area (Å²) in [5.74, 6) is 0.816. The second-order valence-corrected chi connectivity index (χ2v) is 3.85. The first-order chi connectivity index (χ1) is 7.92. The molecule has 0 aliphatic heterocycles. The van der Waals surface area contributed by atoms with Crippen molar-refractivity contribution >= 4 is 0 Å². The molecule has 2 aromatic heterocycles. The fourth-order valence-electron chi connectivity index (χ4n) is 1.71. The van der Waals surface area contributed by atoms with Gasteiger partial charge >= 0.3 is 0 Å². The standard InChI is InChI=1S/C13H16N2O/c1-2-3-4-7-11-10-15-16-13(11)12-8-5-6-9-14-12/h5-6,8-10H,2-4,7H2,1H3. The molecule has 0 saturated carbocycles. The monoisotopic (exact) mass is 216 g/mol. The van der Waals surface area contributed by atoms with Crippen LogP contribution in [0.25, 0.3) is 11.5 Å². The smallest absolute Gasteiger partial charge is 0.188 e. The molecule has 0 aliphatic rings. The lowest BCUT2D eigenvalue weighted by atomic mass is 10.1. The molecule has 0 bridgehead atoms. The average Bonchev–Trinajstić information content (AvgIpc) is 2.79. The van der Waals surface area contributed by atoms with Crippen molar-refractivity contribution < 1.29 is 4.52 Å². The van der Waals surface area contributed by atoms with E-state index in [1.165, 1.54) is 19.3 Å². The molecule has 0 fully saturated rings. The molecule has 3 nitrogen and oxygen atoms in total. The van der Waals surface area contributed by atoms with E-state index in [1.54, 1.807) is 12.4 Å². The molecule has 16 heavy (non-hydrogen) atoms. The zero-order valence-corrected chi connectivity index (χ0v) is 9.52. The highest BCUT2D eigenvalue weighted by molar-refractivity contribution is 5.55. The predicted octanol–water partition coefficient (Wildman–Crippen LogP) is 3.47. The molecule has 0 atom stereocenters. The largest absolute Gasteiger partial charge is 0.354 e. The first-order valence-electron chi connectivity index (χ1n) is 5.76. The zero-order chi connectivity index (χ0) is 11.2. The van der Waals surface area contributed by atoms with Crippen molar-refractivity contribution in [2.45, 2.75) is 32.6 Å². The van der Waals surface area contributed by atoms with Crippen LogP contribution in [0.5, 0.6) is 0 Å². The van der Waals surface area contributed by atoms with Gasteiger partial charge in [-0.15, -0.1) is 0 Å². The summed E-state index contributed by atoms with van der Waals surface area (Å²) < 4.78 is 5.27. The number of hydrogen-bond donors (Lipinski definition) is 0. The summed E-state index contributed by atoms with van der Waals surface area (Å²) in [7, 11) is 0. The van der Waals surface area contributed by atoms with E-state index in [1.807, 2.05) is 18.2 Å². The Balaban J connectivity index is 2.13. The molecule has 0 unspecified atom stereocenters. The molecule has 0 aliphatic carbocycles. The van der Waals surface area contributed by atoms with Crippen molar-refractivity contribution in [1.82, 2.24) is 10.1 Å². The van der Waals surface area contributed by atoms with Crippen LogP contribution in [0.15, 0.2) is 35.1 Å². The SMILES string of the molecule is CCCCCc1cnoc1-c1ccccn1. The normalized spacial score (nSPS) is 10.6. The second-order valence-electron chi connectivity index (χ2n) is 3.85. The summed E-state index contributed by atoms with van der Waals surface area (Å²) in [4.78, 5) is 4.28. The van der Waals surface area contributed by atoms with Crippen molar-refractivity contribution in [3.8, 4) is 11.5 Å². The molecule has 0 spiro atoms. The maximum atomic E-state index is 5.27. The third-order valence-corrected chi connectivity index (χ3v) is 2.59. The molecule has 0 saturated heterocycles. The van der Waals surface area contributed by atoms with E-state index >= 15 is 0 Å². The molecule has 84 valence electrons. The van der Waals surface area contributed by atoms with Crippen molar-refractivity contribution in [3.63, 3.8) is 0 Å². The zero-order valence-electron chi connectivity index (χ0n) is 9.52. The number of aromatic nitrogens is 2. The van der Waals surface area contributed by atoms with Crippen LogP contribution in [0, 0.1) is 0 Å². The fourth-order valence-corrected chi connectivity index (χ4v) is 1.71. The summed E-state index contributed by atoms with van der Waals surface area (Å²) in [6, 6.07) is 5.81. The lowest BCUT2D eigenvalue weighted by molar-refractivity contribution is 0.430. The van der Waals surface area contributed by atoms with Crippen LogP contribution in [0.4, 0.5) is 0 Å². The Morgan fingerprint density at radius 1 is 1.25 bits per heavy atom. The third-order valence-electron chi connectivity index (χ3n) is 2.59. The molecular weight excluding hydrogens is 200 g/mol. The van der Waals surface area contributed by atoms with Crippen LogP contribution >= 0.6 is 0 Å². The van der Waals surface area contributed by atoms with Gasteiger partial charge in [-0.05, 0) is 25.0 Å². The van der Waals surface area contributed by atoms with E-state index < -0.39 is 0 Å². The second kappa shape index (κ2) is 5.45. The summed E-state index contributed by atoms with van der Waals surface area (Å²) >= 11 is 0. The van der Waals surface area contributed by atoms with Crippen molar-refractivity contribution in [2.24, 2.45) is 0 Å². The molecule has 2 heterocycles. The Kier molecular flexibility index (Phi) is 3.70. The number of nitrogens with zero attached hydrogens (tertiary/aromatic N) is 2. The van der Waals surface area contributed by atoms with Crippen LogP contribution in [-0.2, 0) is 6.42 Å².